The quantitative estimate of drug-likeness (QED) is 0.421. The first-order valence-electron chi connectivity index (χ1n) is 10.1. The number of hydrogen-bond acceptors (Lipinski definition) is 7. The molecule has 9 nitrogen and oxygen atoms in total. The molecule has 0 unspecified atom stereocenters. The summed E-state index contributed by atoms with van der Waals surface area (Å²) in [6.07, 6.45) is -1.61. The van der Waals surface area contributed by atoms with E-state index in [-0.39, 0.29) is 23.2 Å². The Hall–Kier alpha value is -4.22. The zero-order valence-electron chi connectivity index (χ0n) is 17.7. The molecule has 1 fully saturated rings. The van der Waals surface area contributed by atoms with Gasteiger partial charge in [-0.05, 0) is 46.7 Å². The van der Waals surface area contributed by atoms with E-state index in [1.54, 1.807) is 18.2 Å². The Balaban J connectivity index is 1.40. The molecule has 0 bridgehead atoms. The van der Waals surface area contributed by atoms with Crippen molar-refractivity contribution in [3.63, 3.8) is 0 Å². The van der Waals surface area contributed by atoms with E-state index in [1.165, 1.54) is 18.3 Å². The summed E-state index contributed by atoms with van der Waals surface area (Å²) >= 11 is 0. The highest BCUT2D eigenvalue weighted by molar-refractivity contribution is 6.05. The molecule has 1 saturated heterocycles. The maximum Gasteiger partial charge on any atom is 0.417 e. The van der Waals surface area contributed by atoms with Gasteiger partial charge in [-0.2, -0.15) is 13.2 Å². The van der Waals surface area contributed by atoms with Crippen molar-refractivity contribution >= 4 is 23.1 Å². The summed E-state index contributed by atoms with van der Waals surface area (Å²) in [7, 11) is 0. The van der Waals surface area contributed by atoms with Gasteiger partial charge < -0.3 is 25.1 Å². The second-order valence-corrected chi connectivity index (χ2v) is 7.67. The van der Waals surface area contributed by atoms with E-state index in [0.29, 0.717) is 25.0 Å². The van der Waals surface area contributed by atoms with Gasteiger partial charge in [0.1, 0.15) is 6.10 Å². The van der Waals surface area contributed by atoms with Gasteiger partial charge in [0.2, 0.25) is 0 Å². The lowest BCUT2D eigenvalue weighted by molar-refractivity contribution is -0.389. The molecule has 0 spiro atoms. The average molecular weight is 473 g/mol. The molecule has 1 N–H and O–H groups in total. The van der Waals surface area contributed by atoms with Crippen LogP contribution < -0.4 is 15.0 Å². The van der Waals surface area contributed by atoms with Crippen molar-refractivity contribution in [2.24, 2.45) is 0 Å². The van der Waals surface area contributed by atoms with Gasteiger partial charge in [0.15, 0.2) is 11.9 Å². The van der Waals surface area contributed by atoms with Crippen LogP contribution in [0.15, 0.2) is 55.0 Å². The Morgan fingerprint density at radius 2 is 1.94 bits per heavy atom. The average Bonchev–Trinajstić information content (AvgIpc) is 2.76. The first-order chi connectivity index (χ1) is 16.1. The van der Waals surface area contributed by atoms with E-state index < -0.39 is 22.6 Å². The minimum absolute atomic E-state index is 0.0592. The Morgan fingerprint density at radius 3 is 2.59 bits per heavy atom. The predicted octanol–water partition coefficient (Wildman–Crippen LogP) is 4.23. The summed E-state index contributed by atoms with van der Waals surface area (Å²) in [5, 5.41) is 13.1. The number of aryl methyl sites for hydroxylation is 1. The summed E-state index contributed by atoms with van der Waals surface area (Å²) in [6.45, 7) is 2.91. The van der Waals surface area contributed by atoms with Crippen LogP contribution in [-0.2, 0) is 6.18 Å². The number of anilines is 2. The van der Waals surface area contributed by atoms with Gasteiger partial charge in [-0.15, -0.1) is 0 Å². The van der Waals surface area contributed by atoms with Crippen LogP contribution in [0.4, 0.5) is 30.4 Å². The number of nitro groups is 1. The van der Waals surface area contributed by atoms with Crippen molar-refractivity contribution in [1.82, 2.24) is 9.97 Å². The highest BCUT2D eigenvalue weighted by atomic mass is 19.4. The topological polar surface area (TPSA) is 110 Å². The largest absolute Gasteiger partial charge is 0.483 e. The Kier molecular flexibility index (Phi) is 6.05. The monoisotopic (exact) mass is 473 g/mol. The maximum absolute atomic E-state index is 12.9. The molecular weight excluding hydrogens is 455 g/mol. The number of nitrogens with one attached hydrogen (secondary N) is 1. The summed E-state index contributed by atoms with van der Waals surface area (Å²) < 4.78 is 44.4. The standard InChI is InChI=1S/C22H18F3N5O4/c1-13-2-3-14(21(31)28-16-7-15(8-26-9-16)22(23,24)25)6-19(13)29-11-18(12-29)34-17-4-5-20(27-10-17)30(32)33/h2-10,18H,11-12H2,1H3,(H,28,31). The van der Waals surface area contributed by atoms with Gasteiger partial charge in [0.25, 0.3) is 5.91 Å². The number of nitrogens with zero attached hydrogens (tertiary/aromatic N) is 4. The third-order valence-corrected chi connectivity index (χ3v) is 5.19. The zero-order valence-corrected chi connectivity index (χ0v) is 17.7. The van der Waals surface area contributed by atoms with Crippen LogP contribution in [0.3, 0.4) is 0 Å². The zero-order chi connectivity index (χ0) is 24.5. The Labute approximate surface area is 191 Å². The number of carbonyl (C=O) groups excluding carboxylic acids is 1. The number of aromatic nitrogens is 2. The molecule has 3 heterocycles. The second kappa shape index (κ2) is 8.96. The lowest BCUT2D eigenvalue weighted by Gasteiger charge is -2.41. The third-order valence-electron chi connectivity index (χ3n) is 5.19. The van der Waals surface area contributed by atoms with Crippen molar-refractivity contribution in [3.05, 3.63) is 81.8 Å². The van der Waals surface area contributed by atoms with Crippen LogP contribution >= 0.6 is 0 Å². The molecule has 34 heavy (non-hydrogen) atoms. The number of amides is 1. The fourth-order valence-corrected chi connectivity index (χ4v) is 3.41. The van der Waals surface area contributed by atoms with Crippen molar-refractivity contribution in [3.8, 4) is 5.75 Å². The van der Waals surface area contributed by atoms with E-state index in [9.17, 15) is 28.1 Å². The van der Waals surface area contributed by atoms with Gasteiger partial charge in [-0.25, -0.2) is 0 Å². The van der Waals surface area contributed by atoms with Gasteiger partial charge in [-0.1, -0.05) is 6.07 Å². The van der Waals surface area contributed by atoms with E-state index in [1.807, 2.05) is 11.8 Å². The number of alkyl halides is 3. The van der Waals surface area contributed by atoms with Gasteiger partial charge in [0.05, 0.1) is 30.5 Å². The molecule has 1 aliphatic heterocycles. The first-order valence-corrected chi connectivity index (χ1v) is 10.1. The molecule has 1 aliphatic rings. The van der Waals surface area contributed by atoms with Gasteiger partial charge >= 0.3 is 12.0 Å². The molecule has 3 aromatic rings. The van der Waals surface area contributed by atoms with Crippen LogP contribution in [0.5, 0.6) is 5.75 Å². The van der Waals surface area contributed by atoms with Crippen LogP contribution in [-0.4, -0.2) is 40.0 Å². The normalized spacial score (nSPS) is 13.8. The van der Waals surface area contributed by atoms with Gasteiger partial charge in [0, 0.05) is 23.5 Å². The molecule has 0 saturated carbocycles. The molecule has 176 valence electrons. The SMILES string of the molecule is Cc1ccc(C(=O)Nc2cncc(C(F)(F)F)c2)cc1N1CC(Oc2ccc([N+](=O)[O-])nc2)C1. The smallest absolute Gasteiger partial charge is 0.417 e. The van der Waals surface area contributed by atoms with Crippen molar-refractivity contribution in [2.45, 2.75) is 19.2 Å². The summed E-state index contributed by atoms with van der Waals surface area (Å²) in [6, 6.07) is 8.57. The second-order valence-electron chi connectivity index (χ2n) is 7.67. The van der Waals surface area contributed by atoms with Crippen LogP contribution in [0.1, 0.15) is 21.5 Å². The summed E-state index contributed by atoms with van der Waals surface area (Å²) in [5.74, 6) is -0.420. The minimum Gasteiger partial charge on any atom is -0.483 e. The first kappa shape index (κ1) is 23.0. The minimum atomic E-state index is -4.56. The molecule has 1 amide bonds. The van der Waals surface area contributed by atoms with Crippen molar-refractivity contribution in [2.75, 3.05) is 23.3 Å². The number of rotatable bonds is 6. The van der Waals surface area contributed by atoms with Gasteiger partial charge in [-0.3, -0.25) is 9.78 Å². The highest BCUT2D eigenvalue weighted by Crippen LogP contribution is 2.31. The molecule has 12 heteroatoms. The van der Waals surface area contributed by atoms with E-state index in [4.69, 9.17) is 4.74 Å². The molecule has 0 aliphatic carbocycles. The van der Waals surface area contributed by atoms with Crippen LogP contribution in [0.25, 0.3) is 0 Å². The molecule has 2 aromatic heterocycles. The van der Waals surface area contributed by atoms with Crippen LogP contribution in [0, 0.1) is 17.0 Å². The number of pyridine rings is 2. The lowest BCUT2D eigenvalue weighted by atomic mass is 10.0. The number of hydrogen-bond donors (Lipinski definition) is 1. The lowest BCUT2D eigenvalue weighted by Crippen LogP contribution is -2.54. The van der Waals surface area contributed by atoms with E-state index in [2.05, 4.69) is 15.3 Å². The molecule has 0 atom stereocenters. The molecule has 0 radical (unpaired) electrons. The van der Waals surface area contributed by atoms with E-state index >= 15 is 0 Å². The van der Waals surface area contributed by atoms with Crippen molar-refractivity contribution < 1.29 is 27.6 Å². The van der Waals surface area contributed by atoms with Crippen molar-refractivity contribution in [1.29, 1.82) is 0 Å². The number of halogens is 3. The Bertz CT molecular complexity index is 1230. The van der Waals surface area contributed by atoms with Crippen LogP contribution in [0.2, 0.25) is 0 Å². The predicted molar refractivity (Wildman–Crippen MR) is 116 cm³/mol. The third kappa shape index (κ3) is 5.05. The summed E-state index contributed by atoms with van der Waals surface area (Å²) in [5.41, 5.74) is 0.965. The fraction of sp³-hybridized carbons (Fsp3) is 0.227. The highest BCUT2D eigenvalue weighted by Gasteiger charge is 2.32. The molecule has 1 aromatic carbocycles. The number of carbonyl (C=O) groups is 1. The van der Waals surface area contributed by atoms with E-state index in [0.717, 1.165) is 23.5 Å². The summed E-state index contributed by atoms with van der Waals surface area (Å²) in [4.78, 5) is 32.0. The maximum atomic E-state index is 12.9. The number of ether oxygens (including phenoxy) is 1. The number of benzene rings is 1. The molecule has 4 rings (SSSR count). The Morgan fingerprint density at radius 1 is 1.18 bits per heavy atom. The fourth-order valence-electron chi connectivity index (χ4n) is 3.41. The molecular formula is C22H18F3N5O4.